The molecular formula is C16H11ClN4O5. The molecule has 0 aliphatic rings. The zero-order chi connectivity index (χ0) is 18.7. The van der Waals surface area contributed by atoms with Crippen molar-refractivity contribution in [2.75, 3.05) is 12.4 Å². The number of hydrogen-bond donors (Lipinski definition) is 1. The van der Waals surface area contributed by atoms with Crippen LogP contribution in [0.4, 0.5) is 11.7 Å². The first-order valence-corrected chi connectivity index (χ1v) is 7.59. The maximum absolute atomic E-state index is 12.3. The molecule has 132 valence electrons. The van der Waals surface area contributed by atoms with Gasteiger partial charge in [-0.3, -0.25) is 20.2 Å². The molecule has 0 atom stereocenters. The average Bonchev–Trinajstić information content (AvgIpc) is 3.10. The highest BCUT2D eigenvalue weighted by atomic mass is 35.5. The Bertz CT molecular complexity index is 988. The van der Waals surface area contributed by atoms with Crippen LogP contribution in [0.2, 0.25) is 5.02 Å². The third-order valence-electron chi connectivity index (χ3n) is 3.36. The lowest BCUT2D eigenvalue weighted by molar-refractivity contribution is -0.385. The van der Waals surface area contributed by atoms with Gasteiger partial charge in [0.2, 0.25) is 5.89 Å². The number of methoxy groups -OCH3 is 1. The highest BCUT2D eigenvalue weighted by molar-refractivity contribution is 6.31. The van der Waals surface area contributed by atoms with Gasteiger partial charge in [0.1, 0.15) is 11.3 Å². The molecule has 3 aromatic rings. The van der Waals surface area contributed by atoms with Crippen molar-refractivity contribution in [1.82, 2.24) is 10.2 Å². The van der Waals surface area contributed by atoms with Gasteiger partial charge >= 0.3 is 6.01 Å². The number of aromatic nitrogens is 2. The summed E-state index contributed by atoms with van der Waals surface area (Å²) in [6, 6.07) is 10.4. The van der Waals surface area contributed by atoms with Crippen molar-refractivity contribution in [1.29, 1.82) is 0 Å². The topological polar surface area (TPSA) is 120 Å². The number of nitrogens with one attached hydrogen (secondary N) is 1. The summed E-state index contributed by atoms with van der Waals surface area (Å²) < 4.78 is 10.5. The molecule has 10 heteroatoms. The smallest absolute Gasteiger partial charge is 0.322 e. The molecule has 0 saturated heterocycles. The van der Waals surface area contributed by atoms with Crippen molar-refractivity contribution in [3.05, 3.63) is 63.2 Å². The summed E-state index contributed by atoms with van der Waals surface area (Å²) in [6.45, 7) is 0. The van der Waals surface area contributed by atoms with Crippen LogP contribution in [-0.2, 0) is 0 Å². The zero-order valence-corrected chi connectivity index (χ0v) is 14.1. The number of ether oxygens (including phenoxy) is 1. The van der Waals surface area contributed by atoms with Crippen LogP contribution in [0.15, 0.2) is 46.9 Å². The van der Waals surface area contributed by atoms with E-state index in [9.17, 15) is 14.9 Å². The quantitative estimate of drug-likeness (QED) is 0.535. The number of amides is 1. The number of nitrogens with zero attached hydrogens (tertiary/aromatic N) is 3. The molecule has 26 heavy (non-hydrogen) atoms. The second kappa shape index (κ2) is 7.19. The van der Waals surface area contributed by atoms with Gasteiger partial charge in [0, 0.05) is 16.7 Å². The summed E-state index contributed by atoms with van der Waals surface area (Å²) in [4.78, 5) is 22.7. The molecule has 0 spiro atoms. The Balaban J connectivity index is 1.84. The highest BCUT2D eigenvalue weighted by Gasteiger charge is 2.22. The number of nitro groups is 1. The summed E-state index contributed by atoms with van der Waals surface area (Å²) in [6.07, 6.45) is 0. The van der Waals surface area contributed by atoms with E-state index < -0.39 is 10.8 Å². The van der Waals surface area contributed by atoms with Crippen LogP contribution < -0.4 is 10.1 Å². The number of carbonyl (C=O) groups is 1. The third-order valence-corrected chi connectivity index (χ3v) is 3.60. The van der Waals surface area contributed by atoms with Crippen LogP contribution in [0.25, 0.3) is 11.5 Å². The molecule has 0 aliphatic heterocycles. The summed E-state index contributed by atoms with van der Waals surface area (Å²) in [5.74, 6) is -0.0410. The maximum Gasteiger partial charge on any atom is 0.322 e. The van der Waals surface area contributed by atoms with Crippen LogP contribution in [-0.4, -0.2) is 28.1 Å². The van der Waals surface area contributed by atoms with Crippen molar-refractivity contribution in [2.45, 2.75) is 0 Å². The Labute approximate surface area is 151 Å². The molecular weight excluding hydrogens is 364 g/mol. The first-order chi connectivity index (χ1) is 12.5. The molecule has 0 bridgehead atoms. The summed E-state index contributed by atoms with van der Waals surface area (Å²) >= 11 is 5.82. The third kappa shape index (κ3) is 3.62. The Morgan fingerprint density at radius 2 is 2.08 bits per heavy atom. The number of halogens is 1. The molecule has 3 rings (SSSR count). The van der Waals surface area contributed by atoms with Gasteiger partial charge in [-0.2, -0.15) is 0 Å². The standard InChI is InChI=1S/C16H11ClN4O5/c1-25-11-4-2-3-9(7-11)15-19-20-16(26-15)18-14(22)12-8-10(17)5-6-13(12)21(23)24/h2-8H,1H3,(H,18,20,22). The van der Waals surface area contributed by atoms with E-state index in [0.717, 1.165) is 6.07 Å². The average molecular weight is 375 g/mol. The molecule has 9 nitrogen and oxygen atoms in total. The molecule has 0 fully saturated rings. The molecule has 1 amide bonds. The minimum Gasteiger partial charge on any atom is -0.497 e. The number of anilines is 1. The second-order valence-corrected chi connectivity index (χ2v) is 5.45. The SMILES string of the molecule is COc1cccc(-c2nnc(NC(=O)c3cc(Cl)ccc3[N+](=O)[O-])o2)c1. The van der Waals surface area contributed by atoms with Crippen LogP contribution in [0.5, 0.6) is 5.75 Å². The summed E-state index contributed by atoms with van der Waals surface area (Å²) in [5, 5.41) is 21.1. The van der Waals surface area contributed by atoms with E-state index >= 15 is 0 Å². The monoisotopic (exact) mass is 374 g/mol. The predicted molar refractivity (Wildman–Crippen MR) is 92.3 cm³/mol. The Kier molecular flexibility index (Phi) is 4.81. The van der Waals surface area contributed by atoms with Gasteiger partial charge in [-0.15, -0.1) is 5.10 Å². The van der Waals surface area contributed by atoms with Crippen LogP contribution in [0.3, 0.4) is 0 Å². The van der Waals surface area contributed by atoms with Gasteiger partial charge in [-0.1, -0.05) is 22.8 Å². The fraction of sp³-hybridized carbons (Fsp3) is 0.0625. The van der Waals surface area contributed by atoms with Gasteiger partial charge in [0.25, 0.3) is 11.6 Å². The van der Waals surface area contributed by atoms with E-state index in [0.29, 0.717) is 11.3 Å². The largest absolute Gasteiger partial charge is 0.497 e. The van der Waals surface area contributed by atoms with Gasteiger partial charge in [-0.05, 0) is 30.3 Å². The van der Waals surface area contributed by atoms with Crippen molar-refractivity contribution in [3.8, 4) is 17.2 Å². The van der Waals surface area contributed by atoms with Gasteiger partial charge in [0.05, 0.1) is 12.0 Å². The Morgan fingerprint density at radius 3 is 2.81 bits per heavy atom. The van der Waals surface area contributed by atoms with E-state index in [1.807, 2.05) is 0 Å². The van der Waals surface area contributed by atoms with E-state index in [2.05, 4.69) is 15.5 Å². The van der Waals surface area contributed by atoms with Crippen LogP contribution >= 0.6 is 11.6 Å². The minimum absolute atomic E-state index is 0.153. The fourth-order valence-electron chi connectivity index (χ4n) is 2.16. The van der Waals surface area contributed by atoms with Crippen molar-refractivity contribution in [2.24, 2.45) is 0 Å². The molecule has 0 saturated carbocycles. The van der Waals surface area contributed by atoms with Crippen molar-refractivity contribution in [3.63, 3.8) is 0 Å². The Morgan fingerprint density at radius 1 is 1.27 bits per heavy atom. The fourth-order valence-corrected chi connectivity index (χ4v) is 2.33. The molecule has 1 N–H and O–H groups in total. The molecule has 0 unspecified atom stereocenters. The zero-order valence-electron chi connectivity index (χ0n) is 13.3. The number of rotatable bonds is 5. The lowest BCUT2D eigenvalue weighted by Gasteiger charge is -2.03. The number of benzene rings is 2. The molecule has 0 radical (unpaired) electrons. The van der Waals surface area contributed by atoms with Gasteiger partial charge in [0.15, 0.2) is 0 Å². The number of nitro benzene ring substituents is 1. The first kappa shape index (κ1) is 17.4. The minimum atomic E-state index is -0.792. The van der Waals surface area contributed by atoms with Crippen LogP contribution in [0, 0.1) is 10.1 Å². The summed E-state index contributed by atoms with van der Waals surface area (Å²) in [5.41, 5.74) is -0.0193. The van der Waals surface area contributed by atoms with E-state index in [1.54, 1.807) is 24.3 Å². The number of carbonyl (C=O) groups excluding carboxylic acids is 1. The molecule has 1 aromatic heterocycles. The second-order valence-electron chi connectivity index (χ2n) is 5.02. The molecule has 0 aliphatic carbocycles. The lowest BCUT2D eigenvalue weighted by atomic mass is 10.1. The van der Waals surface area contributed by atoms with Gasteiger partial charge < -0.3 is 9.15 Å². The molecule has 1 heterocycles. The normalized spacial score (nSPS) is 10.4. The van der Waals surface area contributed by atoms with Crippen molar-refractivity contribution < 1.29 is 18.9 Å². The highest BCUT2D eigenvalue weighted by Crippen LogP contribution is 2.26. The van der Waals surface area contributed by atoms with E-state index in [1.165, 1.54) is 19.2 Å². The predicted octanol–water partition coefficient (Wildman–Crippen LogP) is 3.56. The van der Waals surface area contributed by atoms with E-state index in [4.69, 9.17) is 20.8 Å². The summed E-state index contributed by atoms with van der Waals surface area (Å²) in [7, 11) is 1.52. The van der Waals surface area contributed by atoms with Crippen molar-refractivity contribution >= 4 is 29.2 Å². The molecule has 2 aromatic carbocycles. The first-order valence-electron chi connectivity index (χ1n) is 7.21. The lowest BCUT2D eigenvalue weighted by Crippen LogP contribution is -2.14. The Hall–Kier alpha value is -3.46. The number of hydrogen-bond acceptors (Lipinski definition) is 7. The van der Waals surface area contributed by atoms with Gasteiger partial charge in [-0.25, -0.2) is 0 Å². The maximum atomic E-state index is 12.3. The van der Waals surface area contributed by atoms with Crippen LogP contribution in [0.1, 0.15) is 10.4 Å². The van der Waals surface area contributed by atoms with E-state index in [-0.39, 0.29) is 28.2 Å².